The molecule has 158 valence electrons. The summed E-state index contributed by atoms with van der Waals surface area (Å²) in [6, 6.07) is 15.6. The van der Waals surface area contributed by atoms with Gasteiger partial charge in [-0.3, -0.25) is 4.90 Å². The summed E-state index contributed by atoms with van der Waals surface area (Å²) in [5, 5.41) is 10.0. The average Bonchev–Trinajstić information content (AvgIpc) is 3.09. The predicted molar refractivity (Wildman–Crippen MR) is 109 cm³/mol. The summed E-state index contributed by atoms with van der Waals surface area (Å²) in [4.78, 5) is 26.3. The molecule has 1 aliphatic rings. The molecule has 31 heavy (non-hydrogen) atoms. The molecule has 0 radical (unpaired) electrons. The maximum absolute atomic E-state index is 14.3. The Morgan fingerprint density at radius 2 is 1.58 bits per heavy atom. The second kappa shape index (κ2) is 8.18. The number of methoxy groups -OCH3 is 1. The summed E-state index contributed by atoms with van der Waals surface area (Å²) in [7, 11) is 1.17. The van der Waals surface area contributed by atoms with Gasteiger partial charge in [0.15, 0.2) is 0 Å². The van der Waals surface area contributed by atoms with Crippen molar-refractivity contribution in [3.8, 4) is 11.1 Å². The minimum atomic E-state index is -1.45. The van der Waals surface area contributed by atoms with Crippen LogP contribution in [-0.4, -0.2) is 35.2 Å². The van der Waals surface area contributed by atoms with E-state index in [0.29, 0.717) is 6.07 Å². The Balaban J connectivity index is 1.85. The Labute approximate surface area is 177 Å². The third kappa shape index (κ3) is 3.63. The van der Waals surface area contributed by atoms with Gasteiger partial charge in [-0.15, -0.1) is 0 Å². The molecule has 1 aliphatic carbocycles. The lowest BCUT2D eigenvalue weighted by Crippen LogP contribution is -2.48. The first-order valence-electron chi connectivity index (χ1n) is 9.63. The first kappa shape index (κ1) is 20.5. The number of halogens is 2. The Kier molecular flexibility index (Phi) is 5.42. The first-order valence-corrected chi connectivity index (χ1v) is 9.63. The van der Waals surface area contributed by atoms with Crippen molar-refractivity contribution < 1.29 is 28.2 Å². The molecule has 0 aromatic heterocycles. The maximum Gasteiger partial charge on any atom is 0.411 e. The van der Waals surface area contributed by atoms with Crippen molar-refractivity contribution in [3.63, 3.8) is 0 Å². The molecule has 1 amide bonds. The van der Waals surface area contributed by atoms with Gasteiger partial charge in [0.2, 0.25) is 0 Å². The number of ether oxygens (including phenoxy) is 1. The van der Waals surface area contributed by atoms with Crippen LogP contribution in [0.2, 0.25) is 0 Å². The molecule has 0 bridgehead atoms. The van der Waals surface area contributed by atoms with Crippen molar-refractivity contribution in [2.75, 3.05) is 7.11 Å². The Hall–Kier alpha value is -3.74. The van der Waals surface area contributed by atoms with Crippen molar-refractivity contribution in [1.29, 1.82) is 0 Å². The summed E-state index contributed by atoms with van der Waals surface area (Å²) < 4.78 is 32.6. The van der Waals surface area contributed by atoms with E-state index in [1.807, 2.05) is 48.5 Å². The van der Waals surface area contributed by atoms with E-state index in [1.54, 1.807) is 0 Å². The number of hydrogen-bond acceptors (Lipinski definition) is 3. The zero-order valence-electron chi connectivity index (χ0n) is 16.6. The monoisotopic (exact) mass is 423 g/mol. The van der Waals surface area contributed by atoms with Crippen LogP contribution in [0.25, 0.3) is 11.1 Å². The predicted octanol–water partition coefficient (Wildman–Crippen LogP) is 4.80. The van der Waals surface area contributed by atoms with Gasteiger partial charge in [0, 0.05) is 12.5 Å². The van der Waals surface area contributed by atoms with Crippen molar-refractivity contribution in [3.05, 3.63) is 95.1 Å². The van der Waals surface area contributed by atoms with Gasteiger partial charge in [-0.2, -0.15) is 0 Å². The SMILES string of the molecule is COC(=O)N(C(Cc1ccc(F)cc1F)C(=O)O)C1c2ccccc2-c2ccccc21. The maximum atomic E-state index is 14.3. The van der Waals surface area contributed by atoms with Crippen molar-refractivity contribution >= 4 is 12.1 Å². The highest BCUT2D eigenvalue weighted by molar-refractivity contribution is 5.85. The van der Waals surface area contributed by atoms with Crippen LogP contribution in [-0.2, 0) is 16.0 Å². The normalized spacial score (nSPS) is 13.3. The number of nitrogens with zero attached hydrogens (tertiary/aromatic N) is 1. The van der Waals surface area contributed by atoms with E-state index in [9.17, 15) is 23.5 Å². The Morgan fingerprint density at radius 3 is 2.10 bits per heavy atom. The first-order chi connectivity index (χ1) is 14.9. The topological polar surface area (TPSA) is 66.8 Å². The fourth-order valence-electron chi connectivity index (χ4n) is 4.15. The number of carboxylic acid groups (broad SMARTS) is 1. The number of amides is 1. The van der Waals surface area contributed by atoms with E-state index in [2.05, 4.69) is 0 Å². The van der Waals surface area contributed by atoms with E-state index in [-0.39, 0.29) is 12.0 Å². The molecule has 0 spiro atoms. The van der Waals surface area contributed by atoms with Gasteiger partial charge in [-0.1, -0.05) is 54.6 Å². The summed E-state index contributed by atoms with van der Waals surface area (Å²) in [6.07, 6.45) is -1.20. The summed E-state index contributed by atoms with van der Waals surface area (Å²) in [6.45, 7) is 0. The molecule has 0 heterocycles. The van der Waals surface area contributed by atoms with Crippen molar-refractivity contribution in [2.24, 2.45) is 0 Å². The lowest BCUT2D eigenvalue weighted by Gasteiger charge is -2.34. The van der Waals surface area contributed by atoms with Crippen molar-refractivity contribution in [2.45, 2.75) is 18.5 Å². The van der Waals surface area contributed by atoms with Crippen LogP contribution < -0.4 is 0 Å². The summed E-state index contributed by atoms with van der Waals surface area (Å²) >= 11 is 0. The minimum Gasteiger partial charge on any atom is -0.480 e. The van der Waals surface area contributed by atoms with Gasteiger partial charge in [-0.25, -0.2) is 18.4 Å². The fraction of sp³-hybridized carbons (Fsp3) is 0.167. The van der Waals surface area contributed by atoms with Gasteiger partial charge >= 0.3 is 12.1 Å². The third-order valence-corrected chi connectivity index (χ3v) is 5.51. The number of carbonyl (C=O) groups is 2. The molecule has 0 saturated heterocycles. The zero-order chi connectivity index (χ0) is 22.1. The van der Waals surface area contributed by atoms with Crippen LogP contribution in [0.4, 0.5) is 13.6 Å². The summed E-state index contributed by atoms with van der Waals surface area (Å²) in [5.74, 6) is -2.96. The van der Waals surface area contributed by atoms with Crippen molar-refractivity contribution in [1.82, 2.24) is 4.90 Å². The van der Waals surface area contributed by atoms with Gasteiger partial charge in [0.1, 0.15) is 17.7 Å². The molecule has 1 unspecified atom stereocenters. The highest BCUT2D eigenvalue weighted by atomic mass is 19.1. The highest BCUT2D eigenvalue weighted by Gasteiger charge is 2.42. The number of carbonyl (C=O) groups excluding carboxylic acids is 1. The Bertz CT molecular complexity index is 1120. The molecule has 7 heteroatoms. The van der Waals surface area contributed by atoms with E-state index < -0.39 is 35.8 Å². The number of benzene rings is 3. The number of fused-ring (bicyclic) bond motifs is 3. The molecule has 0 saturated carbocycles. The molecular formula is C24H19F2NO4. The smallest absolute Gasteiger partial charge is 0.411 e. The number of hydrogen-bond donors (Lipinski definition) is 1. The van der Waals surface area contributed by atoms with Crippen LogP contribution in [0.5, 0.6) is 0 Å². The number of carboxylic acids is 1. The molecule has 3 aromatic carbocycles. The quantitative estimate of drug-likeness (QED) is 0.640. The van der Waals surface area contributed by atoms with Crippen LogP contribution in [0.3, 0.4) is 0 Å². The second-order valence-electron chi connectivity index (χ2n) is 7.25. The van der Waals surface area contributed by atoms with E-state index >= 15 is 0 Å². The number of rotatable bonds is 5. The second-order valence-corrected chi connectivity index (χ2v) is 7.25. The van der Waals surface area contributed by atoms with Gasteiger partial charge < -0.3 is 9.84 Å². The molecule has 0 aliphatic heterocycles. The van der Waals surface area contributed by atoms with E-state index in [4.69, 9.17) is 4.74 Å². The standard InChI is InChI=1S/C24H19F2NO4/c1-31-24(30)27(21(23(28)29)12-14-10-11-15(25)13-20(14)26)22-18-8-4-2-6-16(18)17-7-3-5-9-19(17)22/h2-11,13,21-22H,12H2,1H3,(H,28,29). The molecule has 3 aromatic rings. The molecular weight excluding hydrogens is 404 g/mol. The van der Waals surface area contributed by atoms with Gasteiger partial charge in [-0.05, 0) is 33.9 Å². The lowest BCUT2D eigenvalue weighted by atomic mass is 9.98. The molecule has 4 rings (SSSR count). The van der Waals surface area contributed by atoms with E-state index in [1.165, 1.54) is 13.2 Å². The minimum absolute atomic E-state index is 0.0118. The van der Waals surface area contributed by atoms with E-state index in [0.717, 1.165) is 33.2 Å². The third-order valence-electron chi connectivity index (χ3n) is 5.51. The zero-order valence-corrected chi connectivity index (χ0v) is 16.6. The van der Waals surface area contributed by atoms with Crippen LogP contribution in [0.1, 0.15) is 22.7 Å². The Morgan fingerprint density at radius 1 is 1.00 bits per heavy atom. The average molecular weight is 423 g/mol. The largest absolute Gasteiger partial charge is 0.480 e. The molecule has 1 N–H and O–H groups in total. The van der Waals surface area contributed by atoms with Crippen LogP contribution in [0, 0.1) is 11.6 Å². The molecule has 1 atom stereocenters. The molecule has 0 fully saturated rings. The lowest BCUT2D eigenvalue weighted by molar-refractivity contribution is -0.143. The number of aliphatic carboxylic acids is 1. The summed E-state index contributed by atoms with van der Waals surface area (Å²) in [5.41, 5.74) is 3.25. The van der Waals surface area contributed by atoms with Gasteiger partial charge in [0.25, 0.3) is 0 Å². The fourth-order valence-corrected chi connectivity index (χ4v) is 4.15. The van der Waals surface area contributed by atoms with Crippen LogP contribution in [0.15, 0.2) is 66.7 Å². The molecule has 5 nitrogen and oxygen atoms in total. The highest BCUT2D eigenvalue weighted by Crippen LogP contribution is 2.47. The van der Waals surface area contributed by atoms with Gasteiger partial charge in [0.05, 0.1) is 13.2 Å². The van der Waals surface area contributed by atoms with Crippen LogP contribution >= 0.6 is 0 Å².